The fourth-order valence-corrected chi connectivity index (χ4v) is 4.54. The summed E-state index contributed by atoms with van der Waals surface area (Å²) in [5.41, 5.74) is 2.37. The van der Waals surface area contributed by atoms with Crippen LogP contribution in [0.25, 0.3) is 0 Å². The van der Waals surface area contributed by atoms with Crippen molar-refractivity contribution in [2.45, 2.75) is 39.5 Å². The van der Waals surface area contributed by atoms with E-state index in [2.05, 4.69) is 4.99 Å². The molecule has 1 saturated carbocycles. The Balaban J connectivity index is 2.13. The molecule has 0 radical (unpaired) electrons. The number of hydrogen-bond donors (Lipinski definition) is 0. The van der Waals surface area contributed by atoms with Crippen molar-refractivity contribution in [3.8, 4) is 5.75 Å². The molecule has 1 aliphatic carbocycles. The van der Waals surface area contributed by atoms with Gasteiger partial charge in [-0.15, -0.1) is 0 Å². The maximum Gasteiger partial charge on any atom is 0.336 e. The zero-order valence-electron chi connectivity index (χ0n) is 18.6. The van der Waals surface area contributed by atoms with Gasteiger partial charge in [0.05, 0.1) is 32.3 Å². The number of rotatable bonds is 6. The number of aliphatic imine (C=N–C) groups is 1. The molecule has 4 atom stereocenters. The molecule has 1 aliphatic heterocycles. The van der Waals surface area contributed by atoms with E-state index < -0.39 is 29.7 Å². The van der Waals surface area contributed by atoms with E-state index in [1.165, 1.54) is 7.11 Å². The van der Waals surface area contributed by atoms with E-state index >= 15 is 0 Å². The van der Waals surface area contributed by atoms with Crippen LogP contribution in [0.1, 0.15) is 45.1 Å². The summed E-state index contributed by atoms with van der Waals surface area (Å²) in [6, 6.07) is 7.26. The molecule has 0 unspecified atom stereocenters. The van der Waals surface area contributed by atoms with Crippen molar-refractivity contribution in [3.63, 3.8) is 0 Å². The number of carbonyl (C=O) groups excluding carboxylic acids is 3. The normalized spacial score (nSPS) is 25.5. The minimum Gasteiger partial charge on any atom is -0.497 e. The number of benzene rings is 1. The molecule has 1 fully saturated rings. The monoisotopic (exact) mass is 427 g/mol. The summed E-state index contributed by atoms with van der Waals surface area (Å²) in [6.07, 6.45) is 1.17. The Kier molecular flexibility index (Phi) is 6.93. The van der Waals surface area contributed by atoms with E-state index in [0.29, 0.717) is 35.6 Å². The van der Waals surface area contributed by atoms with Crippen LogP contribution in [0.2, 0.25) is 0 Å². The third kappa shape index (κ3) is 4.27. The minimum atomic E-state index is -0.888. The van der Waals surface area contributed by atoms with Gasteiger partial charge in [0.1, 0.15) is 11.7 Å². The summed E-state index contributed by atoms with van der Waals surface area (Å²) in [7, 11) is 2.86. The van der Waals surface area contributed by atoms with Crippen molar-refractivity contribution >= 4 is 23.4 Å². The first-order valence-corrected chi connectivity index (χ1v) is 10.5. The van der Waals surface area contributed by atoms with Crippen molar-refractivity contribution < 1.29 is 28.6 Å². The molecule has 0 N–H and O–H groups in total. The Labute approximate surface area is 182 Å². The predicted molar refractivity (Wildman–Crippen MR) is 115 cm³/mol. The first-order valence-electron chi connectivity index (χ1n) is 10.5. The van der Waals surface area contributed by atoms with Crippen molar-refractivity contribution in [2.24, 2.45) is 22.7 Å². The van der Waals surface area contributed by atoms with E-state index in [1.807, 2.05) is 26.0 Å². The molecule has 0 saturated heterocycles. The highest BCUT2D eigenvalue weighted by Gasteiger charge is 2.51. The first kappa shape index (κ1) is 22.7. The molecule has 1 aromatic carbocycles. The van der Waals surface area contributed by atoms with E-state index in [1.54, 1.807) is 26.2 Å². The number of allylic oxidation sites excluding steroid dienone is 1. The number of fused-ring (bicyclic) bond motifs is 1. The third-order valence-electron chi connectivity index (χ3n) is 6.00. The van der Waals surface area contributed by atoms with E-state index in [0.717, 1.165) is 5.56 Å². The molecule has 0 spiro atoms. The maximum atomic E-state index is 13.6. The molecular formula is C24H29NO6. The van der Waals surface area contributed by atoms with Crippen LogP contribution in [-0.4, -0.2) is 44.3 Å². The molecule has 0 bridgehead atoms. The Morgan fingerprint density at radius 3 is 2.39 bits per heavy atom. The van der Waals surface area contributed by atoms with Gasteiger partial charge in [-0.3, -0.25) is 14.6 Å². The molecule has 2 aliphatic rings. The summed E-state index contributed by atoms with van der Waals surface area (Å²) in [4.78, 5) is 43.6. The lowest BCUT2D eigenvalue weighted by atomic mass is 9.64. The number of hydrogen-bond acceptors (Lipinski definition) is 7. The molecule has 166 valence electrons. The summed E-state index contributed by atoms with van der Waals surface area (Å²) < 4.78 is 15.6. The molecule has 31 heavy (non-hydrogen) atoms. The second-order valence-electron chi connectivity index (χ2n) is 8.05. The Bertz CT molecular complexity index is 930. The van der Waals surface area contributed by atoms with E-state index in [-0.39, 0.29) is 18.3 Å². The van der Waals surface area contributed by atoms with Crippen LogP contribution in [0, 0.1) is 17.8 Å². The number of Topliss-reactive ketones (excluding diaryl/α,β-unsaturated/α-hetero) is 1. The Morgan fingerprint density at radius 2 is 1.81 bits per heavy atom. The summed E-state index contributed by atoms with van der Waals surface area (Å²) in [6.45, 7) is 5.82. The quantitative estimate of drug-likeness (QED) is 0.510. The van der Waals surface area contributed by atoms with Crippen molar-refractivity contribution in [1.82, 2.24) is 0 Å². The number of nitrogens with zero attached hydrogens (tertiary/aromatic N) is 1. The van der Waals surface area contributed by atoms with Gasteiger partial charge in [-0.25, -0.2) is 4.79 Å². The average Bonchev–Trinajstić information content (AvgIpc) is 2.76. The second-order valence-corrected chi connectivity index (χ2v) is 8.05. The maximum absolute atomic E-state index is 13.6. The van der Waals surface area contributed by atoms with Gasteiger partial charge in [0.15, 0.2) is 5.78 Å². The molecule has 1 aromatic rings. The number of ketones is 1. The summed E-state index contributed by atoms with van der Waals surface area (Å²) in [5, 5.41) is 0. The Hall–Kier alpha value is -2.96. The van der Waals surface area contributed by atoms with Gasteiger partial charge < -0.3 is 14.2 Å². The van der Waals surface area contributed by atoms with Crippen LogP contribution in [0.15, 0.2) is 40.5 Å². The second kappa shape index (κ2) is 9.45. The van der Waals surface area contributed by atoms with Gasteiger partial charge in [-0.2, -0.15) is 0 Å². The van der Waals surface area contributed by atoms with Gasteiger partial charge in [0, 0.05) is 17.3 Å². The molecule has 0 aromatic heterocycles. The number of methoxy groups -OCH3 is 2. The van der Waals surface area contributed by atoms with Gasteiger partial charge in [0.2, 0.25) is 0 Å². The number of esters is 2. The van der Waals surface area contributed by atoms with Crippen LogP contribution in [0.5, 0.6) is 5.75 Å². The molecule has 1 heterocycles. The highest BCUT2D eigenvalue weighted by molar-refractivity contribution is 6.17. The number of ether oxygens (including phenoxy) is 3. The lowest BCUT2D eigenvalue weighted by Gasteiger charge is -2.40. The number of carbonyl (C=O) groups is 3. The van der Waals surface area contributed by atoms with Crippen LogP contribution in [0.3, 0.4) is 0 Å². The van der Waals surface area contributed by atoms with Crippen LogP contribution in [0.4, 0.5) is 0 Å². The largest absolute Gasteiger partial charge is 0.497 e. The lowest BCUT2D eigenvalue weighted by Crippen LogP contribution is -2.48. The zero-order valence-corrected chi connectivity index (χ0v) is 18.6. The van der Waals surface area contributed by atoms with Gasteiger partial charge in [-0.1, -0.05) is 26.0 Å². The SMILES string of the molecule is CCCOC(=O)C1=C(C)N=C2C[C@@H](C)[C@H](C(=O)OC)C(=O)[C@@H]2[C@@H]1c1ccc(OC)cc1. The molecule has 7 heteroatoms. The van der Waals surface area contributed by atoms with Crippen molar-refractivity contribution in [1.29, 1.82) is 0 Å². The standard InChI is InChI=1S/C24H29NO6/c1-6-11-31-24(28)19-14(3)25-17-12-13(2)18(23(27)30-5)22(26)21(17)20(19)15-7-9-16(29-4)10-8-15/h7-10,13,18,20-21H,6,11-12H2,1-5H3/t13-,18+,20-,21+/m1/s1. The first-order chi connectivity index (χ1) is 14.8. The predicted octanol–water partition coefficient (Wildman–Crippen LogP) is 3.47. The van der Waals surface area contributed by atoms with Crippen LogP contribution in [-0.2, 0) is 23.9 Å². The smallest absolute Gasteiger partial charge is 0.336 e. The van der Waals surface area contributed by atoms with Gasteiger partial charge in [-0.05, 0) is 43.4 Å². The summed E-state index contributed by atoms with van der Waals surface area (Å²) in [5.74, 6) is -3.06. The van der Waals surface area contributed by atoms with E-state index in [9.17, 15) is 14.4 Å². The fourth-order valence-electron chi connectivity index (χ4n) is 4.54. The lowest BCUT2D eigenvalue weighted by molar-refractivity contribution is -0.152. The highest BCUT2D eigenvalue weighted by atomic mass is 16.5. The van der Waals surface area contributed by atoms with Crippen molar-refractivity contribution in [2.75, 3.05) is 20.8 Å². The van der Waals surface area contributed by atoms with Crippen LogP contribution >= 0.6 is 0 Å². The molecule has 3 rings (SSSR count). The topological polar surface area (TPSA) is 91.3 Å². The summed E-state index contributed by atoms with van der Waals surface area (Å²) >= 11 is 0. The van der Waals surface area contributed by atoms with E-state index in [4.69, 9.17) is 14.2 Å². The average molecular weight is 427 g/mol. The third-order valence-corrected chi connectivity index (χ3v) is 6.00. The minimum absolute atomic E-state index is 0.229. The van der Waals surface area contributed by atoms with Gasteiger partial charge >= 0.3 is 11.9 Å². The molecule has 0 amide bonds. The molecule has 7 nitrogen and oxygen atoms in total. The zero-order chi connectivity index (χ0) is 22.7. The van der Waals surface area contributed by atoms with Crippen molar-refractivity contribution in [3.05, 3.63) is 41.1 Å². The Morgan fingerprint density at radius 1 is 1.13 bits per heavy atom. The van der Waals surface area contributed by atoms with Crippen LogP contribution < -0.4 is 4.74 Å². The van der Waals surface area contributed by atoms with Gasteiger partial charge in [0.25, 0.3) is 0 Å². The fraction of sp³-hybridized carbons (Fsp3) is 0.500. The highest BCUT2D eigenvalue weighted by Crippen LogP contribution is 2.46. The molecular weight excluding hydrogens is 398 g/mol.